The van der Waals surface area contributed by atoms with Gasteiger partial charge in [-0.15, -0.1) is 0 Å². The van der Waals surface area contributed by atoms with Crippen molar-refractivity contribution in [3.05, 3.63) is 29.8 Å². The summed E-state index contributed by atoms with van der Waals surface area (Å²) >= 11 is 0. The summed E-state index contributed by atoms with van der Waals surface area (Å²) in [6, 6.07) is 8.27. The summed E-state index contributed by atoms with van der Waals surface area (Å²) in [4.78, 5) is 0. The summed E-state index contributed by atoms with van der Waals surface area (Å²) in [6.07, 6.45) is 2.02. The number of para-hydroxylation sites is 1. The second kappa shape index (κ2) is 7.30. The van der Waals surface area contributed by atoms with Gasteiger partial charge in [0.2, 0.25) is 0 Å². The SMILES string of the molecule is CCCOc1ccccc1C(CC(C)C)NN. The maximum absolute atomic E-state index is 5.76. The molecule has 0 aliphatic heterocycles. The van der Waals surface area contributed by atoms with Crippen LogP contribution in [0.5, 0.6) is 5.75 Å². The Labute approximate surface area is 104 Å². The van der Waals surface area contributed by atoms with Gasteiger partial charge in [-0.3, -0.25) is 11.3 Å². The van der Waals surface area contributed by atoms with Crippen LogP contribution in [0.25, 0.3) is 0 Å². The number of hydrazine groups is 1. The predicted molar refractivity (Wildman–Crippen MR) is 71.7 cm³/mol. The van der Waals surface area contributed by atoms with E-state index in [2.05, 4.69) is 32.3 Å². The van der Waals surface area contributed by atoms with Crippen LogP contribution in [0.3, 0.4) is 0 Å². The summed E-state index contributed by atoms with van der Waals surface area (Å²) in [5.41, 5.74) is 4.04. The zero-order valence-electron chi connectivity index (χ0n) is 11.1. The molecule has 1 atom stereocenters. The van der Waals surface area contributed by atoms with E-state index in [0.29, 0.717) is 5.92 Å². The van der Waals surface area contributed by atoms with E-state index in [4.69, 9.17) is 10.6 Å². The van der Waals surface area contributed by atoms with Gasteiger partial charge in [0.15, 0.2) is 0 Å². The van der Waals surface area contributed by atoms with E-state index in [1.165, 1.54) is 0 Å². The molecule has 3 N–H and O–H groups in total. The third kappa shape index (κ3) is 4.36. The van der Waals surface area contributed by atoms with Crippen molar-refractivity contribution < 1.29 is 4.74 Å². The zero-order valence-corrected chi connectivity index (χ0v) is 11.1. The van der Waals surface area contributed by atoms with Crippen LogP contribution in [0.4, 0.5) is 0 Å². The van der Waals surface area contributed by atoms with Gasteiger partial charge in [0.25, 0.3) is 0 Å². The van der Waals surface area contributed by atoms with Gasteiger partial charge in [-0.05, 0) is 24.8 Å². The lowest BCUT2D eigenvalue weighted by Gasteiger charge is -2.21. The molecule has 1 unspecified atom stereocenters. The number of benzene rings is 1. The number of hydrogen-bond donors (Lipinski definition) is 2. The van der Waals surface area contributed by atoms with Crippen LogP contribution in [0.1, 0.15) is 45.2 Å². The summed E-state index contributed by atoms with van der Waals surface area (Å²) in [5.74, 6) is 7.18. The molecular weight excluding hydrogens is 212 g/mol. The summed E-state index contributed by atoms with van der Waals surface area (Å²) in [5, 5.41) is 0. The molecule has 17 heavy (non-hydrogen) atoms. The minimum absolute atomic E-state index is 0.156. The van der Waals surface area contributed by atoms with E-state index in [1.807, 2.05) is 18.2 Å². The van der Waals surface area contributed by atoms with Gasteiger partial charge in [-0.25, -0.2) is 0 Å². The number of nitrogens with one attached hydrogen (secondary N) is 1. The fraction of sp³-hybridized carbons (Fsp3) is 0.571. The third-order valence-electron chi connectivity index (χ3n) is 2.66. The predicted octanol–water partition coefficient (Wildman–Crippen LogP) is 3.03. The second-order valence-electron chi connectivity index (χ2n) is 4.74. The highest BCUT2D eigenvalue weighted by molar-refractivity contribution is 5.35. The van der Waals surface area contributed by atoms with Crippen LogP contribution in [-0.2, 0) is 0 Å². The maximum atomic E-state index is 5.76. The number of rotatable bonds is 7. The molecule has 0 aromatic heterocycles. The first-order valence-corrected chi connectivity index (χ1v) is 6.36. The first-order valence-electron chi connectivity index (χ1n) is 6.36. The molecule has 0 saturated carbocycles. The molecular formula is C14H24N2O. The largest absolute Gasteiger partial charge is 0.493 e. The lowest BCUT2D eigenvalue weighted by atomic mass is 9.97. The van der Waals surface area contributed by atoms with E-state index >= 15 is 0 Å². The molecule has 0 aliphatic rings. The van der Waals surface area contributed by atoms with Gasteiger partial charge in [0.05, 0.1) is 6.61 Å². The lowest BCUT2D eigenvalue weighted by molar-refractivity contribution is 0.306. The Morgan fingerprint density at radius 2 is 2.00 bits per heavy atom. The Hall–Kier alpha value is -1.06. The first kappa shape index (κ1) is 14.0. The normalized spacial score (nSPS) is 12.8. The van der Waals surface area contributed by atoms with Crippen LogP contribution in [0.2, 0.25) is 0 Å². The van der Waals surface area contributed by atoms with Crippen molar-refractivity contribution >= 4 is 0 Å². The minimum Gasteiger partial charge on any atom is -0.493 e. The van der Waals surface area contributed by atoms with Crippen LogP contribution in [0, 0.1) is 5.92 Å². The monoisotopic (exact) mass is 236 g/mol. The Morgan fingerprint density at radius 3 is 2.59 bits per heavy atom. The van der Waals surface area contributed by atoms with E-state index in [0.717, 1.165) is 30.8 Å². The molecule has 0 heterocycles. The molecule has 0 radical (unpaired) electrons. The number of hydrogen-bond acceptors (Lipinski definition) is 3. The average Bonchev–Trinajstić information content (AvgIpc) is 2.33. The second-order valence-corrected chi connectivity index (χ2v) is 4.74. The van der Waals surface area contributed by atoms with Gasteiger partial charge >= 0.3 is 0 Å². The molecule has 1 aromatic rings. The van der Waals surface area contributed by atoms with Gasteiger partial charge in [0.1, 0.15) is 5.75 Å². The molecule has 0 spiro atoms. The molecule has 1 rings (SSSR count). The Bertz CT molecular complexity index is 326. The molecule has 1 aromatic carbocycles. The highest BCUT2D eigenvalue weighted by Crippen LogP contribution is 2.28. The highest BCUT2D eigenvalue weighted by atomic mass is 16.5. The van der Waals surface area contributed by atoms with Gasteiger partial charge in [-0.2, -0.15) is 0 Å². The lowest BCUT2D eigenvalue weighted by Crippen LogP contribution is -2.29. The topological polar surface area (TPSA) is 47.3 Å². The Morgan fingerprint density at radius 1 is 1.29 bits per heavy atom. The molecule has 96 valence electrons. The molecule has 3 heteroatoms. The Kier molecular flexibility index (Phi) is 6.01. The Balaban J connectivity index is 2.85. The van der Waals surface area contributed by atoms with Crippen molar-refractivity contribution in [3.8, 4) is 5.75 Å². The summed E-state index contributed by atoms with van der Waals surface area (Å²) in [6.45, 7) is 7.24. The first-order chi connectivity index (χ1) is 8.19. The quantitative estimate of drug-likeness (QED) is 0.565. The fourth-order valence-electron chi connectivity index (χ4n) is 1.87. The fourth-order valence-corrected chi connectivity index (χ4v) is 1.87. The number of ether oxygens (including phenoxy) is 1. The van der Waals surface area contributed by atoms with E-state index in [-0.39, 0.29) is 6.04 Å². The van der Waals surface area contributed by atoms with Gasteiger partial charge < -0.3 is 4.74 Å². The minimum atomic E-state index is 0.156. The molecule has 0 saturated heterocycles. The van der Waals surface area contributed by atoms with E-state index in [9.17, 15) is 0 Å². The van der Waals surface area contributed by atoms with E-state index < -0.39 is 0 Å². The standard InChI is InChI=1S/C14H24N2O/c1-4-9-17-14-8-6-5-7-12(14)13(16-15)10-11(2)3/h5-8,11,13,16H,4,9-10,15H2,1-3H3. The molecule has 0 aliphatic carbocycles. The smallest absolute Gasteiger partial charge is 0.124 e. The van der Waals surface area contributed by atoms with Crippen LogP contribution in [-0.4, -0.2) is 6.61 Å². The maximum Gasteiger partial charge on any atom is 0.124 e. The van der Waals surface area contributed by atoms with Crippen molar-refractivity contribution in [1.82, 2.24) is 5.43 Å². The van der Waals surface area contributed by atoms with Crippen LogP contribution in [0.15, 0.2) is 24.3 Å². The van der Waals surface area contributed by atoms with Crippen LogP contribution < -0.4 is 16.0 Å². The average molecular weight is 236 g/mol. The number of nitrogens with two attached hydrogens (primary N) is 1. The third-order valence-corrected chi connectivity index (χ3v) is 2.66. The summed E-state index contributed by atoms with van der Waals surface area (Å²) < 4.78 is 5.76. The molecule has 0 amide bonds. The van der Waals surface area contributed by atoms with Gasteiger partial charge in [0, 0.05) is 11.6 Å². The van der Waals surface area contributed by atoms with Crippen molar-refractivity contribution in [2.45, 2.75) is 39.7 Å². The molecule has 0 fully saturated rings. The highest BCUT2D eigenvalue weighted by Gasteiger charge is 2.15. The molecule has 3 nitrogen and oxygen atoms in total. The summed E-state index contributed by atoms with van der Waals surface area (Å²) in [7, 11) is 0. The van der Waals surface area contributed by atoms with Crippen molar-refractivity contribution in [3.63, 3.8) is 0 Å². The zero-order chi connectivity index (χ0) is 12.7. The van der Waals surface area contributed by atoms with Crippen molar-refractivity contribution in [1.29, 1.82) is 0 Å². The van der Waals surface area contributed by atoms with Crippen molar-refractivity contribution in [2.24, 2.45) is 11.8 Å². The van der Waals surface area contributed by atoms with E-state index in [1.54, 1.807) is 0 Å². The van der Waals surface area contributed by atoms with Gasteiger partial charge in [-0.1, -0.05) is 39.0 Å². The molecule has 0 bridgehead atoms. The van der Waals surface area contributed by atoms with Crippen LogP contribution >= 0.6 is 0 Å². The van der Waals surface area contributed by atoms with Crippen molar-refractivity contribution in [2.75, 3.05) is 6.61 Å².